The fourth-order valence-corrected chi connectivity index (χ4v) is 4.62. The number of likely N-dealkylation sites (tertiary alicyclic amines) is 1. The summed E-state index contributed by atoms with van der Waals surface area (Å²) in [5, 5.41) is 0. The number of morpholine rings is 1. The Morgan fingerprint density at radius 2 is 1.68 bits per heavy atom. The van der Waals surface area contributed by atoms with Gasteiger partial charge in [0.2, 0.25) is 0 Å². The molecule has 19 heavy (non-hydrogen) atoms. The lowest BCUT2D eigenvalue weighted by Gasteiger charge is -2.47. The Balaban J connectivity index is 1.23. The minimum absolute atomic E-state index is 0.526. The number of nitrogens with zero attached hydrogens (tertiary/aromatic N) is 2. The molecule has 1 saturated carbocycles. The molecule has 1 aliphatic carbocycles. The maximum Gasteiger partial charge on any atom is 0.0731 e. The van der Waals surface area contributed by atoms with Crippen LogP contribution in [0.4, 0.5) is 0 Å². The molecule has 5 fully saturated rings. The Bertz CT molecular complexity index is 308. The first kappa shape index (κ1) is 12.6. The molecule has 4 bridgehead atoms. The molecule has 5 atom stereocenters. The molecule has 108 valence electrons. The molecular weight excluding hydrogens is 240 g/mol. The molecule has 5 rings (SSSR count). The molecule has 4 nitrogen and oxygen atoms in total. The van der Waals surface area contributed by atoms with Gasteiger partial charge in [-0.05, 0) is 31.7 Å². The first-order chi connectivity index (χ1) is 9.28. The zero-order valence-electron chi connectivity index (χ0n) is 12.0. The summed E-state index contributed by atoms with van der Waals surface area (Å²) in [7, 11) is 2.25. The van der Waals surface area contributed by atoms with Gasteiger partial charge >= 0.3 is 0 Å². The molecule has 0 aromatic heterocycles. The third-order valence-corrected chi connectivity index (χ3v) is 5.48. The molecule has 0 N–H and O–H groups in total. The molecule has 0 aromatic carbocycles. The van der Waals surface area contributed by atoms with Crippen LogP contribution in [-0.2, 0) is 9.47 Å². The first-order valence-electron chi connectivity index (χ1n) is 7.96. The van der Waals surface area contributed by atoms with Crippen LogP contribution in [0.25, 0.3) is 0 Å². The Morgan fingerprint density at radius 1 is 1.05 bits per heavy atom. The molecule has 0 radical (unpaired) electrons. The molecule has 4 heteroatoms. The van der Waals surface area contributed by atoms with E-state index in [0.717, 1.165) is 38.1 Å². The normalized spacial score (nSPS) is 46.3. The van der Waals surface area contributed by atoms with Gasteiger partial charge in [-0.25, -0.2) is 0 Å². The lowest BCUT2D eigenvalue weighted by atomic mass is 9.95. The van der Waals surface area contributed by atoms with Crippen LogP contribution in [0.1, 0.15) is 19.3 Å². The lowest BCUT2D eigenvalue weighted by Crippen LogP contribution is -2.57. The van der Waals surface area contributed by atoms with Crippen LogP contribution in [0.2, 0.25) is 0 Å². The number of rotatable bonds is 4. The van der Waals surface area contributed by atoms with Gasteiger partial charge in [0.1, 0.15) is 0 Å². The summed E-state index contributed by atoms with van der Waals surface area (Å²) in [5.41, 5.74) is 0. The fourth-order valence-electron chi connectivity index (χ4n) is 4.62. The summed E-state index contributed by atoms with van der Waals surface area (Å²) in [6, 6.07) is 0. The van der Waals surface area contributed by atoms with E-state index in [0.29, 0.717) is 18.3 Å². The van der Waals surface area contributed by atoms with E-state index >= 15 is 0 Å². The second kappa shape index (κ2) is 4.99. The highest BCUT2D eigenvalue weighted by molar-refractivity contribution is 4.93. The summed E-state index contributed by atoms with van der Waals surface area (Å²) >= 11 is 0. The Labute approximate surface area is 116 Å². The van der Waals surface area contributed by atoms with Crippen molar-refractivity contribution in [1.82, 2.24) is 9.80 Å². The standard InChI is InChI=1S/C15H26N2O2/c1-16-7-11-2-3-12(8-16)15(11)18-5-4-17-9-13-6-14(10-17)19-13/h11-15H,2-10H2,1H3/t11-,12+,13?,14?,15?. The predicted molar refractivity (Wildman–Crippen MR) is 73.2 cm³/mol. The highest BCUT2D eigenvalue weighted by Crippen LogP contribution is 2.38. The quantitative estimate of drug-likeness (QED) is 0.752. The van der Waals surface area contributed by atoms with Crippen molar-refractivity contribution in [2.75, 3.05) is 46.4 Å². The van der Waals surface area contributed by atoms with E-state index in [4.69, 9.17) is 9.47 Å². The molecule has 4 saturated heterocycles. The largest absolute Gasteiger partial charge is 0.376 e. The summed E-state index contributed by atoms with van der Waals surface area (Å²) in [5.74, 6) is 1.59. The van der Waals surface area contributed by atoms with Crippen LogP contribution < -0.4 is 0 Å². The Morgan fingerprint density at radius 3 is 2.32 bits per heavy atom. The zero-order chi connectivity index (χ0) is 12.8. The third kappa shape index (κ3) is 2.44. The Hall–Kier alpha value is -0.160. The van der Waals surface area contributed by atoms with Gasteiger partial charge in [-0.1, -0.05) is 0 Å². The van der Waals surface area contributed by atoms with Gasteiger partial charge in [-0.2, -0.15) is 0 Å². The lowest BCUT2D eigenvalue weighted by molar-refractivity contribution is -0.183. The highest BCUT2D eigenvalue weighted by Gasteiger charge is 2.42. The summed E-state index contributed by atoms with van der Waals surface area (Å²) < 4.78 is 11.9. The van der Waals surface area contributed by atoms with Crippen molar-refractivity contribution in [3.63, 3.8) is 0 Å². The molecule has 0 spiro atoms. The van der Waals surface area contributed by atoms with E-state index in [9.17, 15) is 0 Å². The van der Waals surface area contributed by atoms with E-state index in [2.05, 4.69) is 16.8 Å². The second-order valence-electron chi connectivity index (χ2n) is 7.03. The predicted octanol–water partition coefficient (Wildman–Crippen LogP) is 0.816. The van der Waals surface area contributed by atoms with Crippen molar-refractivity contribution in [2.45, 2.75) is 37.6 Å². The van der Waals surface area contributed by atoms with E-state index in [-0.39, 0.29) is 0 Å². The van der Waals surface area contributed by atoms with Gasteiger partial charge in [-0.3, -0.25) is 4.90 Å². The van der Waals surface area contributed by atoms with Gasteiger partial charge in [0, 0.05) is 39.1 Å². The van der Waals surface area contributed by atoms with Crippen molar-refractivity contribution in [3.05, 3.63) is 0 Å². The molecule has 5 aliphatic rings. The van der Waals surface area contributed by atoms with E-state index in [1.54, 1.807) is 0 Å². The van der Waals surface area contributed by atoms with E-state index < -0.39 is 0 Å². The molecule has 3 unspecified atom stereocenters. The topological polar surface area (TPSA) is 24.9 Å². The van der Waals surface area contributed by atoms with Crippen LogP contribution in [0, 0.1) is 11.8 Å². The summed E-state index contributed by atoms with van der Waals surface area (Å²) in [4.78, 5) is 5.01. The number of hydrogen-bond acceptors (Lipinski definition) is 4. The highest BCUT2D eigenvalue weighted by atomic mass is 16.5. The zero-order valence-corrected chi connectivity index (χ0v) is 12.0. The maximum atomic E-state index is 6.26. The van der Waals surface area contributed by atoms with Gasteiger partial charge in [-0.15, -0.1) is 0 Å². The first-order valence-corrected chi connectivity index (χ1v) is 7.96. The monoisotopic (exact) mass is 266 g/mol. The van der Waals surface area contributed by atoms with Gasteiger partial charge in [0.05, 0.1) is 24.9 Å². The van der Waals surface area contributed by atoms with E-state index in [1.807, 2.05) is 0 Å². The fraction of sp³-hybridized carbons (Fsp3) is 1.00. The summed E-state index contributed by atoms with van der Waals surface area (Å²) in [6.45, 7) is 6.74. The summed E-state index contributed by atoms with van der Waals surface area (Å²) in [6.07, 6.45) is 5.64. The van der Waals surface area contributed by atoms with Crippen LogP contribution in [0.5, 0.6) is 0 Å². The number of hydrogen-bond donors (Lipinski definition) is 0. The Kier molecular flexibility index (Phi) is 3.30. The SMILES string of the molecule is CN1C[C@H]2CC[C@@H](C1)C2OCCN1CC2CC(C1)O2. The molecule has 4 aliphatic heterocycles. The van der Waals surface area contributed by atoms with E-state index in [1.165, 1.54) is 32.4 Å². The van der Waals surface area contributed by atoms with Gasteiger partial charge < -0.3 is 14.4 Å². The molecule has 0 amide bonds. The molecule has 4 heterocycles. The number of ether oxygens (including phenoxy) is 2. The third-order valence-electron chi connectivity index (χ3n) is 5.48. The van der Waals surface area contributed by atoms with Crippen LogP contribution >= 0.6 is 0 Å². The maximum absolute atomic E-state index is 6.26. The van der Waals surface area contributed by atoms with Crippen LogP contribution in [-0.4, -0.2) is 74.5 Å². The van der Waals surface area contributed by atoms with Crippen molar-refractivity contribution >= 4 is 0 Å². The number of fused-ring (bicyclic) bond motifs is 4. The number of piperidine rings is 2. The van der Waals surface area contributed by atoms with Crippen molar-refractivity contribution in [2.24, 2.45) is 11.8 Å². The van der Waals surface area contributed by atoms with Gasteiger partial charge in [0.15, 0.2) is 0 Å². The van der Waals surface area contributed by atoms with Gasteiger partial charge in [0.25, 0.3) is 0 Å². The second-order valence-corrected chi connectivity index (χ2v) is 7.03. The van der Waals surface area contributed by atoms with Crippen molar-refractivity contribution in [3.8, 4) is 0 Å². The average Bonchev–Trinajstić information content (AvgIpc) is 2.61. The minimum atomic E-state index is 0.526. The smallest absolute Gasteiger partial charge is 0.0731 e. The minimum Gasteiger partial charge on any atom is -0.376 e. The van der Waals surface area contributed by atoms with Crippen LogP contribution in [0.3, 0.4) is 0 Å². The molecule has 0 aromatic rings. The van der Waals surface area contributed by atoms with Crippen molar-refractivity contribution < 1.29 is 9.47 Å². The van der Waals surface area contributed by atoms with Crippen LogP contribution in [0.15, 0.2) is 0 Å². The average molecular weight is 266 g/mol. The molecular formula is C15H26N2O2. The van der Waals surface area contributed by atoms with Crippen molar-refractivity contribution in [1.29, 1.82) is 0 Å².